The second-order valence-electron chi connectivity index (χ2n) is 7.98. The van der Waals surface area contributed by atoms with Crippen molar-refractivity contribution in [2.24, 2.45) is 5.92 Å². The van der Waals surface area contributed by atoms with Crippen LogP contribution in [0.5, 0.6) is 5.75 Å². The van der Waals surface area contributed by atoms with Crippen molar-refractivity contribution < 1.29 is 9.53 Å². The molecule has 0 atom stereocenters. The summed E-state index contributed by atoms with van der Waals surface area (Å²) >= 11 is 13.3. The number of thioether (sulfide) groups is 1. The summed E-state index contributed by atoms with van der Waals surface area (Å²) in [6.07, 6.45) is 3.79. The number of halogens is 1. The van der Waals surface area contributed by atoms with E-state index >= 15 is 0 Å². The number of hydrogen-bond acceptors (Lipinski definition) is 5. The lowest BCUT2D eigenvalue weighted by Gasteiger charge is -2.16. The Morgan fingerprint density at radius 3 is 2.64 bits per heavy atom. The van der Waals surface area contributed by atoms with Gasteiger partial charge in [-0.25, -0.2) is 4.68 Å². The SMILES string of the molecule is CCOc1ccc(-c2nn(-c3ccccc3)cc2C=C2SC(=S)N(CC(C)C)C2=O)cc1Cl. The highest BCUT2D eigenvalue weighted by Crippen LogP contribution is 2.36. The van der Waals surface area contributed by atoms with Crippen LogP contribution in [-0.4, -0.2) is 38.1 Å². The van der Waals surface area contributed by atoms with Crippen LogP contribution in [0.4, 0.5) is 0 Å². The quantitative estimate of drug-likeness (QED) is 0.277. The molecule has 0 spiro atoms. The molecule has 0 bridgehead atoms. The molecular weight excluding hydrogens is 474 g/mol. The molecule has 2 heterocycles. The Balaban J connectivity index is 1.78. The molecular formula is C25H24ClN3O2S2. The Kier molecular flexibility index (Phi) is 7.22. The third-order valence-corrected chi connectivity index (χ3v) is 6.65. The van der Waals surface area contributed by atoms with Crippen LogP contribution in [0.25, 0.3) is 23.0 Å². The molecule has 1 aromatic heterocycles. The average molecular weight is 498 g/mol. The van der Waals surface area contributed by atoms with Crippen molar-refractivity contribution in [3.05, 3.63) is 70.2 Å². The normalized spacial score (nSPS) is 15.2. The second kappa shape index (κ2) is 10.1. The first-order valence-electron chi connectivity index (χ1n) is 10.7. The lowest BCUT2D eigenvalue weighted by molar-refractivity contribution is -0.122. The van der Waals surface area contributed by atoms with E-state index < -0.39 is 0 Å². The summed E-state index contributed by atoms with van der Waals surface area (Å²) in [5.74, 6) is 0.887. The molecule has 0 aliphatic carbocycles. The zero-order valence-corrected chi connectivity index (χ0v) is 21.0. The molecule has 8 heteroatoms. The topological polar surface area (TPSA) is 47.4 Å². The van der Waals surface area contributed by atoms with E-state index in [1.807, 2.05) is 67.7 Å². The smallest absolute Gasteiger partial charge is 0.266 e. The fourth-order valence-corrected chi connectivity index (χ4v) is 5.02. The van der Waals surface area contributed by atoms with Gasteiger partial charge in [0.15, 0.2) is 0 Å². The largest absolute Gasteiger partial charge is 0.492 e. The zero-order valence-electron chi connectivity index (χ0n) is 18.6. The van der Waals surface area contributed by atoms with Gasteiger partial charge in [0.05, 0.1) is 22.2 Å². The van der Waals surface area contributed by atoms with Crippen LogP contribution in [0.1, 0.15) is 26.3 Å². The number of hydrogen-bond donors (Lipinski definition) is 0. The van der Waals surface area contributed by atoms with E-state index in [4.69, 9.17) is 33.7 Å². The molecule has 1 saturated heterocycles. The highest BCUT2D eigenvalue weighted by molar-refractivity contribution is 8.26. The zero-order chi connectivity index (χ0) is 23.5. The van der Waals surface area contributed by atoms with Gasteiger partial charge >= 0.3 is 0 Å². The van der Waals surface area contributed by atoms with E-state index in [0.29, 0.717) is 39.1 Å². The standard InChI is InChI=1S/C25H24ClN3O2S2/c1-4-31-21-11-10-17(12-20(21)26)23-18(15-29(27-23)19-8-6-5-7-9-19)13-22-24(30)28(14-16(2)3)25(32)33-22/h5-13,15-16H,4,14H2,1-3H3. The van der Waals surface area contributed by atoms with Gasteiger partial charge in [-0.3, -0.25) is 9.69 Å². The van der Waals surface area contributed by atoms with E-state index in [2.05, 4.69) is 13.8 Å². The maximum atomic E-state index is 13.0. The summed E-state index contributed by atoms with van der Waals surface area (Å²) in [5, 5.41) is 5.34. The number of para-hydroxylation sites is 1. The van der Waals surface area contributed by atoms with Crippen molar-refractivity contribution >= 4 is 51.9 Å². The van der Waals surface area contributed by atoms with Crippen LogP contribution in [0.3, 0.4) is 0 Å². The minimum absolute atomic E-state index is 0.0677. The molecule has 0 radical (unpaired) electrons. The van der Waals surface area contributed by atoms with Crippen LogP contribution in [0.2, 0.25) is 5.02 Å². The molecule has 1 aliphatic rings. The van der Waals surface area contributed by atoms with Gasteiger partial charge in [0, 0.05) is 23.9 Å². The highest BCUT2D eigenvalue weighted by Gasteiger charge is 2.32. The molecule has 1 aliphatic heterocycles. The predicted octanol–water partition coefficient (Wildman–Crippen LogP) is 6.45. The van der Waals surface area contributed by atoms with E-state index in [1.165, 1.54) is 11.8 Å². The van der Waals surface area contributed by atoms with Crippen molar-refractivity contribution in [2.45, 2.75) is 20.8 Å². The second-order valence-corrected chi connectivity index (χ2v) is 10.1. The summed E-state index contributed by atoms with van der Waals surface area (Å²) in [5.41, 5.74) is 3.28. The minimum Gasteiger partial charge on any atom is -0.492 e. The number of aromatic nitrogens is 2. The fraction of sp³-hybridized carbons (Fsp3) is 0.240. The Hall–Kier alpha value is -2.61. The number of rotatable bonds is 7. The monoisotopic (exact) mass is 497 g/mol. The number of carbonyl (C=O) groups excluding carboxylic acids is 1. The number of amides is 1. The van der Waals surface area contributed by atoms with Crippen molar-refractivity contribution in [3.8, 4) is 22.7 Å². The van der Waals surface area contributed by atoms with Gasteiger partial charge in [0.1, 0.15) is 15.8 Å². The third-order valence-electron chi connectivity index (χ3n) is 4.98. The lowest BCUT2D eigenvalue weighted by atomic mass is 10.1. The molecule has 0 unspecified atom stereocenters. The molecule has 0 saturated carbocycles. The van der Waals surface area contributed by atoms with Crippen molar-refractivity contribution in [1.82, 2.24) is 14.7 Å². The molecule has 2 aromatic carbocycles. The summed E-state index contributed by atoms with van der Waals surface area (Å²) in [6, 6.07) is 15.4. The number of ether oxygens (including phenoxy) is 1. The first-order chi connectivity index (χ1) is 15.9. The Morgan fingerprint density at radius 2 is 1.97 bits per heavy atom. The minimum atomic E-state index is -0.0677. The average Bonchev–Trinajstić information content (AvgIpc) is 3.32. The van der Waals surface area contributed by atoms with Crippen LogP contribution >= 0.6 is 35.6 Å². The number of nitrogens with zero attached hydrogens (tertiary/aromatic N) is 3. The van der Waals surface area contributed by atoms with Gasteiger partial charge in [-0.1, -0.05) is 67.6 Å². The van der Waals surface area contributed by atoms with Crippen LogP contribution in [-0.2, 0) is 4.79 Å². The highest BCUT2D eigenvalue weighted by atomic mass is 35.5. The van der Waals surface area contributed by atoms with E-state index in [1.54, 1.807) is 9.58 Å². The predicted molar refractivity (Wildman–Crippen MR) is 140 cm³/mol. The molecule has 1 fully saturated rings. The third kappa shape index (κ3) is 5.16. The molecule has 0 N–H and O–H groups in total. The van der Waals surface area contributed by atoms with Gasteiger partial charge in [-0.2, -0.15) is 5.10 Å². The Morgan fingerprint density at radius 1 is 1.21 bits per heavy atom. The number of carbonyl (C=O) groups is 1. The van der Waals surface area contributed by atoms with Gasteiger partial charge in [0.25, 0.3) is 5.91 Å². The van der Waals surface area contributed by atoms with Crippen LogP contribution < -0.4 is 4.74 Å². The van der Waals surface area contributed by atoms with Crippen molar-refractivity contribution in [2.75, 3.05) is 13.2 Å². The van der Waals surface area contributed by atoms with Crippen molar-refractivity contribution in [1.29, 1.82) is 0 Å². The van der Waals surface area contributed by atoms with Gasteiger partial charge in [-0.15, -0.1) is 0 Å². The van der Waals surface area contributed by atoms with Gasteiger partial charge < -0.3 is 4.74 Å². The molecule has 4 rings (SSSR count). The van der Waals surface area contributed by atoms with Gasteiger partial charge in [-0.05, 0) is 49.2 Å². The summed E-state index contributed by atoms with van der Waals surface area (Å²) < 4.78 is 7.96. The Labute approximate surface area is 208 Å². The van der Waals surface area contributed by atoms with E-state index in [-0.39, 0.29) is 5.91 Å². The molecule has 170 valence electrons. The summed E-state index contributed by atoms with van der Waals surface area (Å²) in [4.78, 5) is 15.3. The number of benzene rings is 2. The lowest BCUT2D eigenvalue weighted by Crippen LogP contribution is -2.31. The summed E-state index contributed by atoms with van der Waals surface area (Å²) in [7, 11) is 0. The van der Waals surface area contributed by atoms with Crippen molar-refractivity contribution in [3.63, 3.8) is 0 Å². The maximum Gasteiger partial charge on any atom is 0.266 e. The first-order valence-corrected chi connectivity index (χ1v) is 12.3. The molecule has 33 heavy (non-hydrogen) atoms. The maximum absolute atomic E-state index is 13.0. The molecule has 5 nitrogen and oxygen atoms in total. The Bertz CT molecular complexity index is 1220. The summed E-state index contributed by atoms with van der Waals surface area (Å²) in [6.45, 7) is 7.19. The van der Waals surface area contributed by atoms with E-state index in [0.717, 1.165) is 22.5 Å². The van der Waals surface area contributed by atoms with Crippen LogP contribution in [0, 0.1) is 5.92 Å². The molecule has 3 aromatic rings. The van der Waals surface area contributed by atoms with Crippen LogP contribution in [0.15, 0.2) is 59.6 Å². The number of thiocarbonyl (C=S) groups is 1. The van der Waals surface area contributed by atoms with Gasteiger partial charge in [0.2, 0.25) is 0 Å². The fourth-order valence-electron chi connectivity index (χ4n) is 3.51. The first kappa shape index (κ1) is 23.5. The molecule has 1 amide bonds. The van der Waals surface area contributed by atoms with E-state index in [9.17, 15) is 4.79 Å².